The molecule has 1 aromatic heterocycles. The molecule has 0 aliphatic heterocycles. The van der Waals surface area contributed by atoms with E-state index in [1.54, 1.807) is 12.1 Å². The third-order valence-corrected chi connectivity index (χ3v) is 2.22. The first-order valence-electron chi connectivity index (χ1n) is 5.42. The first-order chi connectivity index (χ1) is 8.63. The van der Waals surface area contributed by atoms with Crippen LogP contribution in [0.5, 0.6) is 0 Å². The number of rotatable bonds is 7. The molecule has 1 aromatic rings. The fourth-order valence-electron chi connectivity index (χ4n) is 1.28. The highest BCUT2D eigenvalue weighted by Gasteiger charge is 2.19. The molecule has 0 bridgehead atoms. The van der Waals surface area contributed by atoms with E-state index < -0.39 is 18.0 Å². The van der Waals surface area contributed by atoms with E-state index in [1.165, 1.54) is 13.4 Å². The molecule has 0 radical (unpaired) electrons. The Labute approximate surface area is 104 Å². The van der Waals surface area contributed by atoms with Gasteiger partial charge >= 0.3 is 12.0 Å². The Kier molecular flexibility index (Phi) is 5.72. The van der Waals surface area contributed by atoms with Crippen LogP contribution in [-0.4, -0.2) is 36.9 Å². The number of methoxy groups -OCH3 is 1. The molecule has 18 heavy (non-hydrogen) atoms. The number of urea groups is 1. The second-order valence-electron chi connectivity index (χ2n) is 3.58. The largest absolute Gasteiger partial charge is 0.480 e. The lowest BCUT2D eigenvalue weighted by atomic mass is 10.2. The van der Waals surface area contributed by atoms with E-state index in [0.29, 0.717) is 5.76 Å². The van der Waals surface area contributed by atoms with E-state index in [-0.39, 0.29) is 19.6 Å². The molecule has 1 unspecified atom stereocenters. The molecule has 7 nitrogen and oxygen atoms in total. The summed E-state index contributed by atoms with van der Waals surface area (Å²) in [7, 11) is 1.47. The molecule has 0 aromatic carbocycles. The van der Waals surface area contributed by atoms with Gasteiger partial charge < -0.3 is 24.9 Å². The summed E-state index contributed by atoms with van der Waals surface area (Å²) in [5.74, 6) is -0.505. The van der Waals surface area contributed by atoms with Gasteiger partial charge in [-0.2, -0.15) is 0 Å². The Morgan fingerprint density at radius 1 is 1.56 bits per heavy atom. The van der Waals surface area contributed by atoms with Crippen LogP contribution in [0.4, 0.5) is 4.79 Å². The van der Waals surface area contributed by atoms with E-state index in [9.17, 15) is 9.59 Å². The van der Waals surface area contributed by atoms with Crippen molar-refractivity contribution in [2.45, 2.75) is 19.0 Å². The standard InChI is InChI=1S/C11H16N2O5/c1-17-6-4-9(10(14)15)13-11(16)12-7-8-3-2-5-18-8/h2-3,5,9H,4,6-7H2,1H3,(H,14,15)(H2,12,13,16). The summed E-state index contributed by atoms with van der Waals surface area (Å²) < 4.78 is 9.80. The zero-order chi connectivity index (χ0) is 13.4. The van der Waals surface area contributed by atoms with Crippen molar-refractivity contribution in [2.24, 2.45) is 0 Å². The lowest BCUT2D eigenvalue weighted by Gasteiger charge is -2.14. The maximum absolute atomic E-state index is 11.4. The van der Waals surface area contributed by atoms with Gasteiger partial charge in [0.1, 0.15) is 11.8 Å². The monoisotopic (exact) mass is 256 g/mol. The Hall–Kier alpha value is -2.02. The average molecular weight is 256 g/mol. The topological polar surface area (TPSA) is 101 Å². The third-order valence-electron chi connectivity index (χ3n) is 2.22. The molecule has 3 N–H and O–H groups in total. The fraction of sp³-hybridized carbons (Fsp3) is 0.455. The SMILES string of the molecule is COCCC(NC(=O)NCc1ccco1)C(=O)O. The third kappa shape index (κ3) is 4.88. The van der Waals surface area contributed by atoms with Gasteiger partial charge in [-0.15, -0.1) is 0 Å². The summed E-state index contributed by atoms with van der Waals surface area (Å²) in [4.78, 5) is 22.3. The van der Waals surface area contributed by atoms with Crippen LogP contribution < -0.4 is 10.6 Å². The summed E-state index contributed by atoms with van der Waals surface area (Å²) in [6, 6.07) is 1.88. The van der Waals surface area contributed by atoms with Crippen LogP contribution in [0.15, 0.2) is 22.8 Å². The fourth-order valence-corrected chi connectivity index (χ4v) is 1.28. The van der Waals surface area contributed by atoms with E-state index >= 15 is 0 Å². The lowest BCUT2D eigenvalue weighted by molar-refractivity contribution is -0.139. The van der Waals surface area contributed by atoms with Crippen molar-refractivity contribution in [1.82, 2.24) is 10.6 Å². The van der Waals surface area contributed by atoms with E-state index in [4.69, 9.17) is 14.3 Å². The molecule has 1 rings (SSSR count). The van der Waals surface area contributed by atoms with Crippen molar-refractivity contribution in [1.29, 1.82) is 0 Å². The molecular weight excluding hydrogens is 240 g/mol. The number of nitrogens with one attached hydrogen (secondary N) is 2. The maximum atomic E-state index is 11.4. The van der Waals surface area contributed by atoms with Gasteiger partial charge in [0.15, 0.2) is 0 Å². The van der Waals surface area contributed by atoms with Crippen LogP contribution in [0.2, 0.25) is 0 Å². The second kappa shape index (κ2) is 7.33. The Morgan fingerprint density at radius 2 is 2.33 bits per heavy atom. The predicted octanol–water partition coefficient (Wildman–Crippen LogP) is 0.568. The van der Waals surface area contributed by atoms with Crippen LogP contribution in [0.3, 0.4) is 0 Å². The van der Waals surface area contributed by atoms with E-state index in [0.717, 1.165) is 0 Å². The van der Waals surface area contributed by atoms with Crippen LogP contribution in [0.1, 0.15) is 12.2 Å². The van der Waals surface area contributed by atoms with Gasteiger partial charge in [-0.05, 0) is 12.1 Å². The number of ether oxygens (including phenoxy) is 1. The molecule has 0 aliphatic carbocycles. The van der Waals surface area contributed by atoms with Crippen LogP contribution >= 0.6 is 0 Å². The molecule has 1 atom stereocenters. The van der Waals surface area contributed by atoms with Crippen LogP contribution in [0, 0.1) is 0 Å². The summed E-state index contributed by atoms with van der Waals surface area (Å²) >= 11 is 0. The zero-order valence-corrected chi connectivity index (χ0v) is 10.0. The number of carbonyl (C=O) groups is 2. The molecule has 2 amide bonds. The van der Waals surface area contributed by atoms with Crippen LogP contribution in [-0.2, 0) is 16.1 Å². The smallest absolute Gasteiger partial charge is 0.326 e. The lowest BCUT2D eigenvalue weighted by Crippen LogP contribution is -2.46. The van der Waals surface area contributed by atoms with Gasteiger partial charge in [0.2, 0.25) is 0 Å². The molecule has 0 aliphatic rings. The number of amides is 2. The second-order valence-corrected chi connectivity index (χ2v) is 3.58. The zero-order valence-electron chi connectivity index (χ0n) is 10.0. The van der Waals surface area contributed by atoms with Crippen molar-refractivity contribution in [3.05, 3.63) is 24.2 Å². The van der Waals surface area contributed by atoms with Gasteiger partial charge in [-0.25, -0.2) is 9.59 Å². The summed E-state index contributed by atoms with van der Waals surface area (Å²) in [5, 5.41) is 13.7. The van der Waals surface area contributed by atoms with E-state index in [2.05, 4.69) is 10.6 Å². The molecule has 1 heterocycles. The number of hydrogen-bond donors (Lipinski definition) is 3. The Morgan fingerprint density at radius 3 is 2.89 bits per heavy atom. The molecule has 0 saturated carbocycles. The van der Waals surface area contributed by atoms with Crippen molar-refractivity contribution < 1.29 is 23.8 Å². The quantitative estimate of drug-likeness (QED) is 0.662. The van der Waals surface area contributed by atoms with Gasteiger partial charge in [-0.3, -0.25) is 0 Å². The summed E-state index contributed by atoms with van der Waals surface area (Å²) in [5.41, 5.74) is 0. The Balaban J connectivity index is 2.34. The number of carboxylic acid groups (broad SMARTS) is 1. The minimum atomic E-state index is -1.10. The van der Waals surface area contributed by atoms with Gasteiger partial charge in [-0.1, -0.05) is 0 Å². The highest BCUT2D eigenvalue weighted by Crippen LogP contribution is 1.98. The van der Waals surface area contributed by atoms with Crippen LogP contribution in [0.25, 0.3) is 0 Å². The summed E-state index contributed by atoms with van der Waals surface area (Å²) in [6.07, 6.45) is 1.70. The van der Waals surface area contributed by atoms with Crippen molar-refractivity contribution in [2.75, 3.05) is 13.7 Å². The van der Waals surface area contributed by atoms with Crippen molar-refractivity contribution >= 4 is 12.0 Å². The molecular formula is C11H16N2O5. The minimum absolute atomic E-state index is 0.204. The highest BCUT2D eigenvalue weighted by atomic mass is 16.5. The number of carboxylic acids is 1. The molecule has 0 fully saturated rings. The number of aliphatic carboxylic acids is 1. The molecule has 100 valence electrons. The molecule has 0 saturated heterocycles. The summed E-state index contributed by atoms with van der Waals surface area (Å²) in [6.45, 7) is 0.463. The van der Waals surface area contributed by atoms with E-state index in [1.807, 2.05) is 0 Å². The van der Waals surface area contributed by atoms with Gasteiger partial charge in [0.25, 0.3) is 0 Å². The Bertz CT molecular complexity index is 377. The average Bonchev–Trinajstić information content (AvgIpc) is 2.84. The molecule has 7 heteroatoms. The first kappa shape index (κ1) is 14.0. The number of furan rings is 1. The highest BCUT2D eigenvalue weighted by molar-refractivity contribution is 5.82. The van der Waals surface area contributed by atoms with Gasteiger partial charge in [0.05, 0.1) is 12.8 Å². The normalized spacial score (nSPS) is 11.8. The van der Waals surface area contributed by atoms with Crippen molar-refractivity contribution in [3.8, 4) is 0 Å². The maximum Gasteiger partial charge on any atom is 0.326 e. The number of hydrogen-bond acceptors (Lipinski definition) is 4. The molecule has 0 spiro atoms. The van der Waals surface area contributed by atoms with Crippen molar-refractivity contribution in [3.63, 3.8) is 0 Å². The van der Waals surface area contributed by atoms with Gasteiger partial charge in [0, 0.05) is 20.1 Å². The predicted molar refractivity (Wildman–Crippen MR) is 62.0 cm³/mol. The number of carbonyl (C=O) groups excluding carboxylic acids is 1. The minimum Gasteiger partial charge on any atom is -0.480 e. The first-order valence-corrected chi connectivity index (χ1v) is 5.42.